The van der Waals surface area contributed by atoms with Crippen molar-refractivity contribution < 1.29 is 32.6 Å². The largest absolute Gasteiger partial charge is 0.496 e. The van der Waals surface area contributed by atoms with Gasteiger partial charge >= 0.3 is 12.6 Å². The van der Waals surface area contributed by atoms with Crippen molar-refractivity contribution in [3.8, 4) is 22.8 Å². The molecule has 0 saturated heterocycles. The molecular formula is C25H24F2N2O5. The minimum atomic E-state index is -3.09. The van der Waals surface area contributed by atoms with Crippen LogP contribution in [-0.2, 0) is 14.9 Å². The number of ketones is 1. The molecule has 2 aromatic heterocycles. The smallest absolute Gasteiger partial charge is 0.387 e. The topological polar surface area (TPSA) is 79.1 Å². The van der Waals surface area contributed by atoms with E-state index in [4.69, 9.17) is 14.2 Å². The number of ether oxygens (including phenoxy) is 3. The summed E-state index contributed by atoms with van der Waals surface area (Å²) in [6.45, 7) is -3.09. The first-order valence-electron chi connectivity index (χ1n) is 11.1. The van der Waals surface area contributed by atoms with Crippen molar-refractivity contribution in [3.05, 3.63) is 47.8 Å². The predicted octanol–water partition coefficient (Wildman–Crippen LogP) is 4.80. The minimum absolute atomic E-state index is 0.0308. The van der Waals surface area contributed by atoms with Crippen LogP contribution in [0.25, 0.3) is 16.9 Å². The van der Waals surface area contributed by atoms with Crippen LogP contribution >= 0.6 is 0 Å². The molecule has 5 rings (SSSR count). The van der Waals surface area contributed by atoms with Crippen LogP contribution in [0.2, 0.25) is 0 Å². The molecule has 2 heterocycles. The quantitative estimate of drug-likeness (QED) is 0.330. The number of halogens is 2. The number of esters is 1. The summed E-state index contributed by atoms with van der Waals surface area (Å²) in [5.41, 5.74) is 1.92. The Morgan fingerprint density at radius 2 is 1.91 bits per heavy atom. The normalized spacial score (nSPS) is 16.5. The molecule has 2 fully saturated rings. The van der Waals surface area contributed by atoms with Gasteiger partial charge in [0.2, 0.25) is 0 Å². The number of Topliss-reactive ketones (excluding diaryl/α,β-unsaturated/α-hetero) is 1. The van der Waals surface area contributed by atoms with Gasteiger partial charge < -0.3 is 14.2 Å². The zero-order valence-electron chi connectivity index (χ0n) is 18.8. The van der Waals surface area contributed by atoms with E-state index >= 15 is 0 Å². The van der Waals surface area contributed by atoms with Crippen LogP contribution in [-0.4, -0.2) is 42.0 Å². The number of pyridine rings is 1. The lowest BCUT2D eigenvalue weighted by molar-refractivity contribution is -0.143. The lowest BCUT2D eigenvalue weighted by atomic mass is 9.97. The van der Waals surface area contributed by atoms with Crippen LogP contribution in [0.1, 0.15) is 48.0 Å². The van der Waals surface area contributed by atoms with E-state index in [9.17, 15) is 18.4 Å². The number of methoxy groups -OCH3 is 2. The Morgan fingerprint density at radius 3 is 2.53 bits per heavy atom. The molecule has 0 N–H and O–H groups in total. The van der Waals surface area contributed by atoms with Crippen LogP contribution < -0.4 is 9.47 Å². The number of fused-ring (bicyclic) bond motifs is 1. The van der Waals surface area contributed by atoms with E-state index in [1.54, 1.807) is 22.9 Å². The zero-order valence-corrected chi connectivity index (χ0v) is 18.8. The van der Waals surface area contributed by atoms with Crippen molar-refractivity contribution >= 4 is 17.4 Å². The molecule has 0 aliphatic heterocycles. The highest BCUT2D eigenvalue weighted by molar-refractivity contribution is 6.02. The van der Waals surface area contributed by atoms with Gasteiger partial charge in [0.1, 0.15) is 22.7 Å². The van der Waals surface area contributed by atoms with Crippen LogP contribution in [0.5, 0.6) is 11.5 Å². The number of hydrogen-bond donors (Lipinski definition) is 0. The van der Waals surface area contributed by atoms with E-state index in [2.05, 4.69) is 4.98 Å². The van der Waals surface area contributed by atoms with E-state index in [0.29, 0.717) is 29.7 Å². The van der Waals surface area contributed by atoms with Gasteiger partial charge in [0.05, 0.1) is 31.5 Å². The lowest BCUT2D eigenvalue weighted by Gasteiger charge is -2.16. The molecule has 3 aromatic rings. The Morgan fingerprint density at radius 1 is 1.18 bits per heavy atom. The Balaban J connectivity index is 1.57. The molecule has 0 bridgehead atoms. The zero-order chi connectivity index (χ0) is 24.0. The standard InChI is InChI=1S/C25H24F2N2O5/c1-32-19-10-15(11-20(34-24(26)27)22(19)18(30)9-14-3-4-14)17-13-28-21-12-16(5-8-29(17)21)25(6-7-25)23(31)33-2/h5,8,10-14,24H,3-4,6-7,9H2,1-2H3. The molecule has 0 spiro atoms. The van der Waals surface area contributed by atoms with E-state index < -0.39 is 12.0 Å². The van der Waals surface area contributed by atoms with Crippen molar-refractivity contribution in [1.29, 1.82) is 0 Å². The van der Waals surface area contributed by atoms with Gasteiger partial charge in [-0.05, 0) is 61.4 Å². The van der Waals surface area contributed by atoms with Gasteiger partial charge in [0.15, 0.2) is 5.78 Å². The molecule has 0 atom stereocenters. The first kappa shape index (κ1) is 22.3. The second-order valence-corrected chi connectivity index (χ2v) is 8.86. The molecule has 0 radical (unpaired) electrons. The summed E-state index contributed by atoms with van der Waals surface area (Å²) in [6.07, 6.45) is 6.99. The number of alkyl halides is 2. The average Bonchev–Trinajstić information content (AvgIpc) is 3.75. The number of carbonyl (C=O) groups excluding carboxylic acids is 2. The van der Waals surface area contributed by atoms with E-state index in [1.165, 1.54) is 20.3 Å². The predicted molar refractivity (Wildman–Crippen MR) is 118 cm³/mol. The summed E-state index contributed by atoms with van der Waals surface area (Å²) in [5, 5.41) is 0. The van der Waals surface area contributed by atoms with E-state index in [-0.39, 0.29) is 41.2 Å². The van der Waals surface area contributed by atoms with Gasteiger partial charge in [-0.1, -0.05) is 0 Å². The fourth-order valence-electron chi connectivity index (χ4n) is 4.47. The summed E-state index contributed by atoms with van der Waals surface area (Å²) in [7, 11) is 2.77. The summed E-state index contributed by atoms with van der Waals surface area (Å²) in [4.78, 5) is 29.5. The number of benzene rings is 1. The van der Waals surface area contributed by atoms with Gasteiger partial charge in [-0.3, -0.25) is 14.0 Å². The van der Waals surface area contributed by atoms with Gasteiger partial charge in [-0.2, -0.15) is 8.78 Å². The molecule has 7 nitrogen and oxygen atoms in total. The summed E-state index contributed by atoms with van der Waals surface area (Å²) in [5.74, 6) is -0.309. The third-order valence-electron chi connectivity index (χ3n) is 6.64. The molecule has 2 aliphatic carbocycles. The van der Waals surface area contributed by atoms with Crippen molar-refractivity contribution in [3.63, 3.8) is 0 Å². The molecule has 0 unspecified atom stereocenters. The van der Waals surface area contributed by atoms with Crippen molar-refractivity contribution in [1.82, 2.24) is 9.38 Å². The average molecular weight is 470 g/mol. The molecule has 0 amide bonds. The Hall–Kier alpha value is -3.49. The fraction of sp³-hybridized carbons (Fsp3) is 0.400. The van der Waals surface area contributed by atoms with Gasteiger partial charge in [-0.25, -0.2) is 4.98 Å². The second-order valence-electron chi connectivity index (χ2n) is 8.86. The number of carbonyl (C=O) groups is 2. The van der Waals surface area contributed by atoms with Gasteiger partial charge in [0.25, 0.3) is 0 Å². The molecule has 178 valence electrons. The second kappa shape index (κ2) is 8.38. The first-order chi connectivity index (χ1) is 16.4. The highest BCUT2D eigenvalue weighted by Crippen LogP contribution is 2.49. The monoisotopic (exact) mass is 470 g/mol. The summed E-state index contributed by atoms with van der Waals surface area (Å²) < 4.78 is 43.4. The van der Waals surface area contributed by atoms with Crippen LogP contribution in [0.15, 0.2) is 36.7 Å². The maximum Gasteiger partial charge on any atom is 0.387 e. The molecule has 9 heteroatoms. The van der Waals surface area contributed by atoms with Crippen LogP contribution in [0.4, 0.5) is 8.78 Å². The fourth-order valence-corrected chi connectivity index (χ4v) is 4.47. The Kier molecular flexibility index (Phi) is 5.50. The van der Waals surface area contributed by atoms with Crippen LogP contribution in [0, 0.1) is 5.92 Å². The number of hydrogen-bond acceptors (Lipinski definition) is 6. The summed E-state index contributed by atoms with van der Waals surface area (Å²) in [6, 6.07) is 6.72. The first-order valence-corrected chi connectivity index (χ1v) is 11.1. The van der Waals surface area contributed by atoms with Gasteiger partial charge in [-0.15, -0.1) is 0 Å². The highest BCUT2D eigenvalue weighted by atomic mass is 19.3. The summed E-state index contributed by atoms with van der Waals surface area (Å²) >= 11 is 0. The molecule has 1 aromatic carbocycles. The van der Waals surface area contributed by atoms with Gasteiger partial charge in [0, 0.05) is 18.2 Å². The van der Waals surface area contributed by atoms with E-state index in [1.807, 2.05) is 12.1 Å². The number of rotatable bonds is 9. The maximum atomic E-state index is 13.2. The molecular weight excluding hydrogens is 446 g/mol. The SMILES string of the molecule is COC(=O)C1(c2ccn3c(-c4cc(OC)c(C(=O)CC5CC5)c(OC(F)F)c4)cnc3c2)CC1. The van der Waals surface area contributed by atoms with Crippen molar-refractivity contribution in [2.45, 2.75) is 44.1 Å². The highest BCUT2D eigenvalue weighted by Gasteiger charge is 2.52. The third-order valence-corrected chi connectivity index (χ3v) is 6.64. The number of nitrogens with zero attached hydrogens (tertiary/aromatic N) is 2. The van der Waals surface area contributed by atoms with Crippen molar-refractivity contribution in [2.75, 3.05) is 14.2 Å². The molecule has 2 aliphatic rings. The lowest BCUT2D eigenvalue weighted by Crippen LogP contribution is -2.21. The van der Waals surface area contributed by atoms with Crippen molar-refractivity contribution in [2.24, 2.45) is 5.92 Å². The third kappa shape index (κ3) is 3.89. The molecule has 34 heavy (non-hydrogen) atoms. The number of imidazole rings is 1. The maximum absolute atomic E-state index is 13.2. The van der Waals surface area contributed by atoms with Crippen LogP contribution in [0.3, 0.4) is 0 Å². The Labute approximate surface area is 194 Å². The number of aromatic nitrogens is 2. The minimum Gasteiger partial charge on any atom is -0.496 e. The molecule has 2 saturated carbocycles. The Bertz CT molecular complexity index is 1280. The van der Waals surface area contributed by atoms with E-state index in [0.717, 1.165) is 18.4 Å².